The summed E-state index contributed by atoms with van der Waals surface area (Å²) in [5.74, 6) is 0.00870. The zero-order valence-electron chi connectivity index (χ0n) is 17.0. The largest absolute Gasteiger partial charge is 0.352 e. The molecule has 2 amide bonds. The van der Waals surface area contributed by atoms with Gasteiger partial charge in [-0.2, -0.15) is 4.37 Å². The highest BCUT2D eigenvalue weighted by molar-refractivity contribution is 7.10. The molecular formula is C22H20N6O2S. The Balaban J connectivity index is 1.56. The molecule has 31 heavy (non-hydrogen) atoms. The van der Waals surface area contributed by atoms with Gasteiger partial charge in [-0.1, -0.05) is 18.2 Å². The van der Waals surface area contributed by atoms with Gasteiger partial charge in [-0.15, -0.1) is 0 Å². The molecule has 0 bridgehead atoms. The summed E-state index contributed by atoms with van der Waals surface area (Å²) in [6, 6.07) is 14.4. The first-order valence-corrected chi connectivity index (χ1v) is 10.5. The fraction of sp³-hybridized carbons (Fsp3) is 0.136. The summed E-state index contributed by atoms with van der Waals surface area (Å²) >= 11 is 1.18. The number of amides is 2. The van der Waals surface area contributed by atoms with Crippen LogP contribution in [-0.4, -0.2) is 32.7 Å². The predicted molar refractivity (Wildman–Crippen MR) is 122 cm³/mol. The van der Waals surface area contributed by atoms with E-state index in [2.05, 4.69) is 30.3 Å². The number of nitrogens with zero attached hydrogens (tertiary/aromatic N) is 3. The second-order valence-corrected chi connectivity index (χ2v) is 7.51. The topological polar surface area (TPSA) is 109 Å². The molecule has 9 heteroatoms. The SMILES string of the molecule is CCNC(=O)c1cccc(NC(=O)c2c(C)nsc2Nc2cnc3ccccc3n2)c1. The molecule has 0 spiro atoms. The van der Waals surface area contributed by atoms with Gasteiger partial charge in [-0.25, -0.2) is 4.98 Å². The van der Waals surface area contributed by atoms with Gasteiger partial charge in [0.05, 0.1) is 28.5 Å². The molecule has 0 saturated carbocycles. The second kappa shape index (κ2) is 8.88. The van der Waals surface area contributed by atoms with Crippen molar-refractivity contribution in [1.29, 1.82) is 0 Å². The molecule has 0 aliphatic carbocycles. The van der Waals surface area contributed by atoms with Crippen LogP contribution in [-0.2, 0) is 0 Å². The highest BCUT2D eigenvalue weighted by Crippen LogP contribution is 2.28. The Morgan fingerprint density at radius 3 is 2.65 bits per heavy atom. The predicted octanol–water partition coefficient (Wildman–Crippen LogP) is 4.14. The van der Waals surface area contributed by atoms with Gasteiger partial charge >= 0.3 is 0 Å². The van der Waals surface area contributed by atoms with Gasteiger partial charge in [0.15, 0.2) is 0 Å². The van der Waals surface area contributed by atoms with E-state index >= 15 is 0 Å². The van der Waals surface area contributed by atoms with E-state index in [0.717, 1.165) is 11.0 Å². The van der Waals surface area contributed by atoms with Crippen molar-refractivity contribution < 1.29 is 9.59 Å². The van der Waals surface area contributed by atoms with E-state index in [0.29, 0.717) is 39.9 Å². The van der Waals surface area contributed by atoms with Gasteiger partial charge in [-0.05, 0) is 55.7 Å². The van der Waals surface area contributed by atoms with E-state index < -0.39 is 0 Å². The summed E-state index contributed by atoms with van der Waals surface area (Å²) in [6.45, 7) is 4.15. The number of anilines is 3. The number of para-hydroxylation sites is 2. The molecule has 2 aromatic carbocycles. The number of nitrogens with one attached hydrogen (secondary N) is 3. The highest BCUT2D eigenvalue weighted by Gasteiger charge is 2.20. The fourth-order valence-electron chi connectivity index (χ4n) is 3.05. The third-order valence-corrected chi connectivity index (χ3v) is 5.35. The number of aromatic nitrogens is 3. The van der Waals surface area contributed by atoms with E-state index in [1.54, 1.807) is 37.4 Å². The average molecular weight is 433 g/mol. The van der Waals surface area contributed by atoms with E-state index in [9.17, 15) is 9.59 Å². The molecule has 2 aromatic heterocycles. The van der Waals surface area contributed by atoms with E-state index in [1.165, 1.54) is 11.5 Å². The maximum Gasteiger partial charge on any atom is 0.260 e. The Labute approximate surface area is 182 Å². The molecule has 0 fully saturated rings. The number of benzene rings is 2. The maximum atomic E-state index is 13.0. The Kier molecular flexibility index (Phi) is 5.85. The lowest BCUT2D eigenvalue weighted by Crippen LogP contribution is -2.22. The van der Waals surface area contributed by atoms with Crippen LogP contribution < -0.4 is 16.0 Å². The minimum atomic E-state index is -0.324. The van der Waals surface area contributed by atoms with Crippen molar-refractivity contribution in [1.82, 2.24) is 19.7 Å². The average Bonchev–Trinajstić information content (AvgIpc) is 3.14. The van der Waals surface area contributed by atoms with E-state index in [1.807, 2.05) is 31.2 Å². The molecule has 8 nitrogen and oxygen atoms in total. The zero-order chi connectivity index (χ0) is 21.8. The van der Waals surface area contributed by atoms with Crippen molar-refractivity contribution in [2.45, 2.75) is 13.8 Å². The number of rotatable bonds is 6. The van der Waals surface area contributed by atoms with Crippen molar-refractivity contribution in [3.8, 4) is 0 Å². The maximum absolute atomic E-state index is 13.0. The van der Waals surface area contributed by atoms with Crippen LogP contribution in [0.25, 0.3) is 11.0 Å². The molecule has 4 aromatic rings. The minimum absolute atomic E-state index is 0.191. The molecule has 0 unspecified atom stereocenters. The number of carbonyl (C=O) groups is 2. The minimum Gasteiger partial charge on any atom is -0.352 e. The summed E-state index contributed by atoms with van der Waals surface area (Å²) in [6.07, 6.45) is 1.62. The molecule has 3 N–H and O–H groups in total. The molecule has 0 saturated heterocycles. The lowest BCUT2D eigenvalue weighted by Gasteiger charge is -2.10. The Morgan fingerprint density at radius 2 is 1.84 bits per heavy atom. The van der Waals surface area contributed by atoms with Crippen LogP contribution in [0, 0.1) is 6.92 Å². The monoisotopic (exact) mass is 432 g/mol. The summed E-state index contributed by atoms with van der Waals surface area (Å²) in [4.78, 5) is 34.0. The third-order valence-electron chi connectivity index (χ3n) is 4.50. The Morgan fingerprint density at radius 1 is 1.03 bits per heavy atom. The standard InChI is InChI=1S/C22H20N6O2S/c1-3-23-20(29)14-7-6-8-15(11-14)25-21(30)19-13(2)28-31-22(19)27-18-12-24-16-9-4-5-10-17(16)26-18/h4-12H,3H2,1-2H3,(H,23,29)(H,25,30)(H,26,27). The van der Waals surface area contributed by atoms with Crippen LogP contribution in [0.3, 0.4) is 0 Å². The molecule has 0 aliphatic rings. The Hall–Kier alpha value is -3.85. The zero-order valence-corrected chi connectivity index (χ0v) is 17.8. The summed E-state index contributed by atoms with van der Waals surface area (Å²) in [7, 11) is 0. The molecule has 156 valence electrons. The van der Waals surface area contributed by atoms with Gasteiger partial charge in [0.25, 0.3) is 11.8 Å². The summed E-state index contributed by atoms with van der Waals surface area (Å²) in [5, 5.41) is 9.32. The number of hydrogen-bond donors (Lipinski definition) is 3. The number of aryl methyl sites for hydroxylation is 1. The second-order valence-electron chi connectivity index (χ2n) is 6.74. The first-order chi connectivity index (χ1) is 15.0. The molecular weight excluding hydrogens is 412 g/mol. The van der Waals surface area contributed by atoms with Gasteiger partial charge in [0.2, 0.25) is 0 Å². The summed E-state index contributed by atoms with van der Waals surface area (Å²) < 4.78 is 4.31. The van der Waals surface area contributed by atoms with Crippen molar-refractivity contribution in [2.75, 3.05) is 17.2 Å². The molecule has 4 rings (SSSR count). The van der Waals surface area contributed by atoms with Gasteiger partial charge < -0.3 is 16.0 Å². The number of carbonyl (C=O) groups excluding carboxylic acids is 2. The van der Waals surface area contributed by atoms with Gasteiger partial charge in [-0.3, -0.25) is 14.6 Å². The van der Waals surface area contributed by atoms with Gasteiger partial charge in [0, 0.05) is 17.8 Å². The van der Waals surface area contributed by atoms with Crippen LogP contribution in [0.15, 0.2) is 54.7 Å². The number of fused-ring (bicyclic) bond motifs is 1. The summed E-state index contributed by atoms with van der Waals surface area (Å²) in [5.41, 5.74) is 3.56. The normalized spacial score (nSPS) is 10.6. The van der Waals surface area contributed by atoms with Crippen molar-refractivity contribution in [2.24, 2.45) is 0 Å². The van der Waals surface area contributed by atoms with Crippen LogP contribution >= 0.6 is 11.5 Å². The van der Waals surface area contributed by atoms with Crippen LogP contribution in [0.2, 0.25) is 0 Å². The van der Waals surface area contributed by atoms with Crippen molar-refractivity contribution in [3.63, 3.8) is 0 Å². The fourth-order valence-corrected chi connectivity index (χ4v) is 3.85. The first-order valence-electron chi connectivity index (χ1n) is 9.70. The van der Waals surface area contributed by atoms with Crippen molar-refractivity contribution in [3.05, 3.63) is 71.5 Å². The molecule has 0 aliphatic heterocycles. The van der Waals surface area contributed by atoms with Crippen LogP contribution in [0.5, 0.6) is 0 Å². The van der Waals surface area contributed by atoms with Crippen molar-refractivity contribution >= 4 is 50.9 Å². The molecule has 0 radical (unpaired) electrons. The lowest BCUT2D eigenvalue weighted by atomic mass is 10.1. The lowest BCUT2D eigenvalue weighted by molar-refractivity contribution is 0.0954. The third kappa shape index (κ3) is 4.51. The molecule has 2 heterocycles. The quantitative estimate of drug-likeness (QED) is 0.423. The van der Waals surface area contributed by atoms with Crippen LogP contribution in [0.1, 0.15) is 33.3 Å². The number of hydrogen-bond acceptors (Lipinski definition) is 7. The first kappa shape index (κ1) is 20.4. The van der Waals surface area contributed by atoms with E-state index in [4.69, 9.17) is 0 Å². The smallest absolute Gasteiger partial charge is 0.260 e. The highest BCUT2D eigenvalue weighted by atomic mass is 32.1. The Bertz CT molecular complexity index is 1270. The van der Waals surface area contributed by atoms with Gasteiger partial charge in [0.1, 0.15) is 10.8 Å². The van der Waals surface area contributed by atoms with Crippen LogP contribution in [0.4, 0.5) is 16.5 Å². The molecule has 0 atom stereocenters. The van der Waals surface area contributed by atoms with E-state index in [-0.39, 0.29) is 11.8 Å².